The third kappa shape index (κ3) is 3.57. The number of carboxylic acids is 1. The lowest BCUT2D eigenvalue weighted by atomic mass is 9.52. The van der Waals surface area contributed by atoms with Crippen molar-refractivity contribution in [3.63, 3.8) is 0 Å². The van der Waals surface area contributed by atoms with Crippen molar-refractivity contribution in [2.24, 2.45) is 17.8 Å². The number of nitrogens with one attached hydrogen (secondary N) is 1. The van der Waals surface area contributed by atoms with E-state index in [0.717, 1.165) is 43.2 Å². The summed E-state index contributed by atoms with van der Waals surface area (Å²) in [5, 5.41) is 23.0. The molecule has 4 aliphatic carbocycles. The van der Waals surface area contributed by atoms with Gasteiger partial charge in [0.05, 0.1) is 11.0 Å². The van der Waals surface area contributed by atoms with Crippen LogP contribution >= 0.6 is 0 Å². The summed E-state index contributed by atoms with van der Waals surface area (Å²) in [5.41, 5.74) is 0.671. The van der Waals surface area contributed by atoms with Gasteiger partial charge in [-0.05, 0) is 81.3 Å². The highest BCUT2D eigenvalue weighted by molar-refractivity contribution is 5.87. The van der Waals surface area contributed by atoms with Gasteiger partial charge < -0.3 is 15.5 Å². The summed E-state index contributed by atoms with van der Waals surface area (Å²) in [4.78, 5) is 24.1. The number of hydrogen-bond acceptors (Lipinski definition) is 3. The molecule has 1 aromatic carbocycles. The lowest BCUT2D eigenvalue weighted by molar-refractivity contribution is -0.148. The van der Waals surface area contributed by atoms with E-state index in [-0.39, 0.29) is 18.4 Å². The van der Waals surface area contributed by atoms with Gasteiger partial charge in [0.1, 0.15) is 0 Å². The van der Waals surface area contributed by atoms with E-state index >= 15 is 0 Å². The molecule has 4 aliphatic rings. The monoisotopic (exact) mass is 385 g/mol. The van der Waals surface area contributed by atoms with E-state index in [0.29, 0.717) is 24.2 Å². The lowest BCUT2D eigenvalue weighted by Crippen LogP contribution is -2.62. The first-order valence-electron chi connectivity index (χ1n) is 10.5. The van der Waals surface area contributed by atoms with Gasteiger partial charge in [-0.3, -0.25) is 9.59 Å². The summed E-state index contributed by atoms with van der Waals surface area (Å²) in [6.45, 7) is 3.87. The molecule has 28 heavy (non-hydrogen) atoms. The van der Waals surface area contributed by atoms with Crippen molar-refractivity contribution in [3.8, 4) is 0 Å². The topological polar surface area (TPSA) is 86.6 Å². The zero-order valence-corrected chi connectivity index (χ0v) is 16.8. The molecule has 4 saturated carbocycles. The number of carboxylic acid groups (broad SMARTS) is 1. The van der Waals surface area contributed by atoms with Gasteiger partial charge in [0.15, 0.2) is 0 Å². The summed E-state index contributed by atoms with van der Waals surface area (Å²) >= 11 is 0. The number of carbonyl (C=O) groups excluding carboxylic acids is 1. The van der Waals surface area contributed by atoms with Crippen LogP contribution in [0.2, 0.25) is 0 Å². The highest BCUT2D eigenvalue weighted by Gasteiger charge is 2.55. The van der Waals surface area contributed by atoms with Crippen LogP contribution in [0.4, 0.5) is 0 Å². The Balaban J connectivity index is 1.47. The summed E-state index contributed by atoms with van der Waals surface area (Å²) in [5.74, 6) is 0.601. The van der Waals surface area contributed by atoms with Gasteiger partial charge in [0.2, 0.25) is 5.91 Å². The summed E-state index contributed by atoms with van der Waals surface area (Å²) in [7, 11) is 0. The molecule has 5 heteroatoms. The molecule has 1 unspecified atom stereocenters. The zero-order valence-electron chi connectivity index (χ0n) is 16.8. The second-order valence-electron chi connectivity index (χ2n) is 9.91. The Kier molecular flexibility index (Phi) is 4.77. The van der Waals surface area contributed by atoms with Gasteiger partial charge in [-0.25, -0.2) is 0 Å². The van der Waals surface area contributed by atoms with Crippen LogP contribution in [0.15, 0.2) is 24.3 Å². The van der Waals surface area contributed by atoms with Crippen LogP contribution in [-0.4, -0.2) is 33.7 Å². The second kappa shape index (κ2) is 6.87. The minimum absolute atomic E-state index is 0.0207. The van der Waals surface area contributed by atoms with Gasteiger partial charge >= 0.3 is 5.97 Å². The molecule has 0 saturated heterocycles. The van der Waals surface area contributed by atoms with Crippen molar-refractivity contribution in [2.45, 2.75) is 75.9 Å². The van der Waals surface area contributed by atoms with E-state index in [2.05, 4.69) is 5.32 Å². The molecule has 5 rings (SSSR count). The molecule has 0 radical (unpaired) electrons. The Hall–Kier alpha value is -1.88. The van der Waals surface area contributed by atoms with Crippen LogP contribution in [0, 0.1) is 17.8 Å². The van der Waals surface area contributed by atoms with E-state index in [1.807, 2.05) is 38.1 Å². The predicted octanol–water partition coefficient (Wildman–Crippen LogP) is 3.04. The number of aliphatic carboxylic acids is 1. The van der Waals surface area contributed by atoms with Gasteiger partial charge in [0, 0.05) is 12.5 Å². The molecule has 0 spiro atoms. The minimum Gasteiger partial charge on any atom is -0.481 e. The predicted molar refractivity (Wildman–Crippen MR) is 106 cm³/mol. The Morgan fingerprint density at radius 1 is 1.18 bits per heavy atom. The zero-order chi connectivity index (χ0) is 20.1. The quantitative estimate of drug-likeness (QED) is 0.702. The minimum atomic E-state index is -0.814. The summed E-state index contributed by atoms with van der Waals surface area (Å²) in [6, 6.07) is 7.89. The van der Waals surface area contributed by atoms with Crippen LogP contribution in [0.3, 0.4) is 0 Å². The first-order chi connectivity index (χ1) is 13.2. The number of carbonyl (C=O) groups is 2. The molecule has 152 valence electrons. The SMILES string of the molecule is CC(C)(C(=O)N[C@@H]1[C@@H]2CC3C[C@H]1C[C@@](O)(C3)C2)c1cccc(CCC(=O)O)c1. The fraction of sp³-hybridized carbons (Fsp3) is 0.652. The smallest absolute Gasteiger partial charge is 0.303 e. The second-order valence-corrected chi connectivity index (χ2v) is 9.91. The molecule has 0 heterocycles. The van der Waals surface area contributed by atoms with E-state index in [4.69, 9.17) is 5.11 Å². The van der Waals surface area contributed by atoms with E-state index < -0.39 is 17.0 Å². The van der Waals surface area contributed by atoms with Crippen molar-refractivity contribution < 1.29 is 19.8 Å². The molecule has 5 atom stereocenters. The standard InChI is InChI=1S/C23H31NO4/c1-22(2,18-5-3-4-14(10-18)6-7-19(25)26)21(27)24-20-16-8-15-9-17(20)13-23(28,11-15)12-16/h3-5,10,15-17,20,28H,6-9,11-13H2,1-2H3,(H,24,27)(H,25,26)/t15?,16-,17+,20-,23-. The van der Waals surface area contributed by atoms with E-state index in [1.54, 1.807) is 0 Å². The molecule has 1 amide bonds. The summed E-state index contributed by atoms with van der Waals surface area (Å²) < 4.78 is 0. The van der Waals surface area contributed by atoms with Crippen LogP contribution in [0.5, 0.6) is 0 Å². The number of aliphatic hydroxyl groups is 1. The normalized spacial score (nSPS) is 33.7. The number of aryl methyl sites for hydroxylation is 1. The molecule has 4 fully saturated rings. The van der Waals surface area contributed by atoms with Crippen LogP contribution < -0.4 is 5.32 Å². The Bertz CT molecular complexity index is 771. The van der Waals surface area contributed by atoms with Crippen LogP contribution in [-0.2, 0) is 21.4 Å². The highest BCUT2D eigenvalue weighted by Crippen LogP contribution is 2.55. The fourth-order valence-corrected chi connectivity index (χ4v) is 6.05. The maximum atomic E-state index is 13.2. The lowest BCUT2D eigenvalue weighted by Gasteiger charge is -2.58. The van der Waals surface area contributed by atoms with Gasteiger partial charge in [-0.15, -0.1) is 0 Å². The molecular weight excluding hydrogens is 354 g/mol. The summed E-state index contributed by atoms with van der Waals surface area (Å²) in [6.07, 6.45) is 5.37. The fourth-order valence-electron chi connectivity index (χ4n) is 6.05. The highest BCUT2D eigenvalue weighted by atomic mass is 16.4. The van der Waals surface area contributed by atoms with Crippen molar-refractivity contribution in [1.82, 2.24) is 5.32 Å². The first-order valence-corrected chi connectivity index (χ1v) is 10.5. The average Bonchev–Trinajstić information content (AvgIpc) is 2.61. The third-order valence-electron chi connectivity index (χ3n) is 7.38. The molecule has 4 bridgehead atoms. The van der Waals surface area contributed by atoms with Crippen molar-refractivity contribution >= 4 is 11.9 Å². The molecule has 5 nitrogen and oxygen atoms in total. The maximum absolute atomic E-state index is 13.2. The van der Waals surface area contributed by atoms with Crippen molar-refractivity contribution in [2.75, 3.05) is 0 Å². The largest absolute Gasteiger partial charge is 0.481 e. The van der Waals surface area contributed by atoms with Crippen molar-refractivity contribution in [3.05, 3.63) is 35.4 Å². The van der Waals surface area contributed by atoms with Crippen molar-refractivity contribution in [1.29, 1.82) is 0 Å². The number of hydrogen-bond donors (Lipinski definition) is 3. The van der Waals surface area contributed by atoms with Gasteiger partial charge in [0.25, 0.3) is 0 Å². The van der Waals surface area contributed by atoms with E-state index in [9.17, 15) is 14.7 Å². The van der Waals surface area contributed by atoms with Gasteiger partial charge in [-0.1, -0.05) is 24.3 Å². The Labute approximate surface area is 166 Å². The number of rotatable bonds is 6. The number of amides is 1. The molecule has 1 aromatic rings. The molecule has 0 aliphatic heterocycles. The molecule has 3 N–H and O–H groups in total. The average molecular weight is 386 g/mol. The van der Waals surface area contributed by atoms with Crippen LogP contribution in [0.25, 0.3) is 0 Å². The first kappa shape index (κ1) is 19.4. The van der Waals surface area contributed by atoms with Crippen LogP contribution in [0.1, 0.15) is 63.5 Å². The molecular formula is C23H31NO4. The maximum Gasteiger partial charge on any atom is 0.303 e. The Morgan fingerprint density at radius 2 is 1.86 bits per heavy atom. The van der Waals surface area contributed by atoms with E-state index in [1.165, 1.54) is 0 Å². The third-order valence-corrected chi connectivity index (χ3v) is 7.38. The number of benzene rings is 1. The van der Waals surface area contributed by atoms with Gasteiger partial charge in [-0.2, -0.15) is 0 Å². The molecule has 0 aromatic heterocycles. The Morgan fingerprint density at radius 3 is 2.46 bits per heavy atom.